The first-order valence-corrected chi connectivity index (χ1v) is 11.4. The summed E-state index contributed by atoms with van der Waals surface area (Å²) in [7, 11) is 3.39. The van der Waals surface area contributed by atoms with E-state index in [1.165, 1.54) is 12.0 Å². The van der Waals surface area contributed by atoms with Crippen LogP contribution < -0.4 is 26.0 Å². The number of ether oxygens (including phenoxy) is 1. The number of hydrogen-bond donors (Lipinski definition) is 4. The smallest absolute Gasteiger partial charge is 0.322 e. The van der Waals surface area contributed by atoms with Gasteiger partial charge in [0.25, 0.3) is 11.8 Å². The third-order valence-corrected chi connectivity index (χ3v) is 6.38. The van der Waals surface area contributed by atoms with Crippen LogP contribution in [-0.2, 0) is 16.9 Å². The van der Waals surface area contributed by atoms with E-state index < -0.39 is 17.5 Å². The van der Waals surface area contributed by atoms with Crippen LogP contribution in [-0.4, -0.2) is 61.5 Å². The molecule has 0 unspecified atom stereocenters. The van der Waals surface area contributed by atoms with Crippen molar-refractivity contribution in [2.24, 2.45) is 0 Å². The number of likely N-dealkylation sites (N-methyl/N-ethyl adjacent to an activating group) is 1. The molecule has 4 N–H and O–H groups in total. The number of aromatic nitrogens is 1. The summed E-state index contributed by atoms with van der Waals surface area (Å²) in [5.41, 5.74) is 1.89. The molecule has 11 nitrogen and oxygen atoms in total. The van der Waals surface area contributed by atoms with Gasteiger partial charge in [-0.15, -0.1) is 0 Å². The summed E-state index contributed by atoms with van der Waals surface area (Å²) in [6, 6.07) is 9.71. The Balaban J connectivity index is 1.46. The number of pyridine rings is 1. The standard InChI is InChI=1S/C25H26N6O5/c1-14(27-9-8-26-2)18-6-7-20-19(28-18)11-21(36-20)25(23(33)29-24(34)30-25)13-31-12-15-4-5-16(35-3)10-17(15)22(31)32/h4-7,10-11,26-27H,1,8-9,12-13H2,2-3H3,(H2,29,30,33,34)/t25-/m0/s1. The van der Waals surface area contributed by atoms with E-state index in [1.807, 2.05) is 13.1 Å². The van der Waals surface area contributed by atoms with Crippen LogP contribution in [0.25, 0.3) is 16.8 Å². The number of methoxy groups -OCH3 is 1. The van der Waals surface area contributed by atoms with Crippen molar-refractivity contribution in [2.45, 2.75) is 12.1 Å². The fraction of sp³-hybridized carbons (Fsp3) is 0.280. The van der Waals surface area contributed by atoms with Crippen LogP contribution in [0.1, 0.15) is 27.4 Å². The van der Waals surface area contributed by atoms with Crippen LogP contribution in [0.2, 0.25) is 0 Å². The maximum absolute atomic E-state index is 13.2. The molecule has 2 aliphatic heterocycles. The monoisotopic (exact) mass is 490 g/mol. The van der Waals surface area contributed by atoms with Gasteiger partial charge in [-0.05, 0) is 36.9 Å². The average molecular weight is 491 g/mol. The van der Waals surface area contributed by atoms with Crippen LogP contribution in [0.5, 0.6) is 5.75 Å². The Bertz CT molecular complexity index is 1400. The quantitative estimate of drug-likeness (QED) is 0.260. The number of carbonyl (C=O) groups is 3. The summed E-state index contributed by atoms with van der Waals surface area (Å²) in [6.45, 7) is 5.63. The molecule has 0 radical (unpaired) electrons. The Kier molecular flexibility index (Phi) is 5.84. The lowest BCUT2D eigenvalue weighted by molar-refractivity contribution is -0.125. The van der Waals surface area contributed by atoms with E-state index in [9.17, 15) is 14.4 Å². The number of nitrogens with one attached hydrogen (secondary N) is 4. The minimum atomic E-state index is -1.61. The average Bonchev–Trinajstić information content (AvgIpc) is 3.52. The second kappa shape index (κ2) is 9.00. The summed E-state index contributed by atoms with van der Waals surface area (Å²) in [4.78, 5) is 44.6. The lowest BCUT2D eigenvalue weighted by Crippen LogP contribution is -2.52. The minimum absolute atomic E-state index is 0.120. The molecule has 4 heterocycles. The highest BCUT2D eigenvalue weighted by molar-refractivity contribution is 6.08. The Labute approximate surface area is 206 Å². The predicted molar refractivity (Wildman–Crippen MR) is 131 cm³/mol. The number of hydrogen-bond acceptors (Lipinski definition) is 8. The zero-order valence-electron chi connectivity index (χ0n) is 19.9. The van der Waals surface area contributed by atoms with Crippen molar-refractivity contribution in [3.8, 4) is 5.75 Å². The van der Waals surface area contributed by atoms with Crippen molar-refractivity contribution < 1.29 is 23.5 Å². The number of rotatable bonds is 9. The van der Waals surface area contributed by atoms with Gasteiger partial charge in [-0.25, -0.2) is 9.78 Å². The third-order valence-electron chi connectivity index (χ3n) is 6.38. The molecule has 186 valence electrons. The minimum Gasteiger partial charge on any atom is -0.497 e. The van der Waals surface area contributed by atoms with Crippen LogP contribution in [0.15, 0.2) is 47.4 Å². The van der Waals surface area contributed by atoms with E-state index in [2.05, 4.69) is 32.8 Å². The van der Waals surface area contributed by atoms with Crippen LogP contribution in [0.4, 0.5) is 4.79 Å². The Morgan fingerprint density at radius 1 is 1.22 bits per heavy atom. The molecule has 3 aromatic rings. The van der Waals surface area contributed by atoms with Crippen LogP contribution >= 0.6 is 0 Å². The van der Waals surface area contributed by atoms with Crippen molar-refractivity contribution in [3.63, 3.8) is 0 Å². The van der Waals surface area contributed by atoms with E-state index in [1.54, 1.807) is 30.3 Å². The van der Waals surface area contributed by atoms with E-state index >= 15 is 0 Å². The first-order chi connectivity index (χ1) is 17.3. The molecule has 2 aromatic heterocycles. The molecule has 1 aromatic carbocycles. The van der Waals surface area contributed by atoms with Gasteiger partial charge < -0.3 is 30.0 Å². The number of nitrogens with zero attached hydrogens (tertiary/aromatic N) is 2. The normalized spacial score (nSPS) is 18.8. The lowest BCUT2D eigenvalue weighted by atomic mass is 9.95. The van der Waals surface area contributed by atoms with Crippen molar-refractivity contribution in [1.82, 2.24) is 31.2 Å². The zero-order chi connectivity index (χ0) is 25.4. The van der Waals surface area contributed by atoms with Gasteiger partial charge in [-0.3, -0.25) is 14.9 Å². The zero-order valence-corrected chi connectivity index (χ0v) is 19.9. The van der Waals surface area contributed by atoms with E-state index in [0.29, 0.717) is 40.3 Å². The van der Waals surface area contributed by atoms with Crippen molar-refractivity contribution in [1.29, 1.82) is 0 Å². The number of imide groups is 1. The highest BCUT2D eigenvalue weighted by Gasteiger charge is 2.53. The molecule has 1 atom stereocenters. The summed E-state index contributed by atoms with van der Waals surface area (Å²) in [5.74, 6) is -0.128. The molecule has 1 fully saturated rings. The molecule has 0 aliphatic carbocycles. The number of fused-ring (bicyclic) bond motifs is 2. The fourth-order valence-corrected chi connectivity index (χ4v) is 4.47. The van der Waals surface area contributed by atoms with Gasteiger partial charge in [0.1, 0.15) is 17.0 Å². The summed E-state index contributed by atoms with van der Waals surface area (Å²) in [6.07, 6.45) is 0. The molecule has 11 heteroatoms. The number of furan rings is 1. The SMILES string of the molecule is C=C(NCCNC)c1ccc2oc([C@]3(CN4Cc5ccc(OC)cc5C4=O)NC(=O)NC3=O)cc2n1. The van der Waals surface area contributed by atoms with Crippen molar-refractivity contribution >= 4 is 34.6 Å². The number of amides is 4. The predicted octanol–water partition coefficient (Wildman–Crippen LogP) is 1.31. The second-order valence-electron chi connectivity index (χ2n) is 8.70. The summed E-state index contributed by atoms with van der Waals surface area (Å²) < 4.78 is 11.2. The molecular formula is C25H26N6O5. The molecule has 0 spiro atoms. The van der Waals surface area contributed by atoms with Gasteiger partial charge in [-0.1, -0.05) is 12.6 Å². The number of carbonyl (C=O) groups excluding carboxylic acids is 3. The van der Waals surface area contributed by atoms with Gasteiger partial charge in [-0.2, -0.15) is 0 Å². The van der Waals surface area contributed by atoms with Gasteiger partial charge in [0.15, 0.2) is 11.1 Å². The molecule has 1 saturated heterocycles. The van der Waals surface area contributed by atoms with Crippen LogP contribution in [0.3, 0.4) is 0 Å². The summed E-state index contributed by atoms with van der Waals surface area (Å²) in [5, 5.41) is 11.2. The van der Waals surface area contributed by atoms with E-state index in [-0.39, 0.29) is 24.8 Å². The fourth-order valence-electron chi connectivity index (χ4n) is 4.47. The van der Waals surface area contributed by atoms with Gasteiger partial charge in [0.2, 0.25) is 0 Å². The van der Waals surface area contributed by atoms with Crippen molar-refractivity contribution in [2.75, 3.05) is 33.8 Å². The maximum Gasteiger partial charge on any atom is 0.322 e. The highest BCUT2D eigenvalue weighted by atomic mass is 16.5. The largest absolute Gasteiger partial charge is 0.497 e. The molecule has 4 amide bonds. The molecule has 0 bridgehead atoms. The first kappa shape index (κ1) is 23.4. The summed E-state index contributed by atoms with van der Waals surface area (Å²) >= 11 is 0. The topological polar surface area (TPSA) is 138 Å². The van der Waals surface area contributed by atoms with E-state index in [4.69, 9.17) is 9.15 Å². The second-order valence-corrected chi connectivity index (χ2v) is 8.70. The number of urea groups is 1. The maximum atomic E-state index is 13.2. The molecular weight excluding hydrogens is 464 g/mol. The van der Waals surface area contributed by atoms with E-state index in [0.717, 1.165) is 12.1 Å². The third kappa shape index (κ3) is 3.93. The molecule has 36 heavy (non-hydrogen) atoms. The van der Waals surface area contributed by atoms with Crippen molar-refractivity contribution in [3.05, 3.63) is 65.6 Å². The molecule has 2 aliphatic rings. The van der Waals surface area contributed by atoms with Gasteiger partial charge >= 0.3 is 6.03 Å². The first-order valence-electron chi connectivity index (χ1n) is 11.4. The Morgan fingerprint density at radius 3 is 2.78 bits per heavy atom. The molecule has 0 saturated carbocycles. The van der Waals surface area contributed by atoms with Crippen LogP contribution in [0, 0.1) is 0 Å². The molecule has 5 rings (SSSR count). The number of benzene rings is 1. The highest BCUT2D eigenvalue weighted by Crippen LogP contribution is 2.34. The Hall–Kier alpha value is -4.38. The van der Waals surface area contributed by atoms with Gasteiger partial charge in [0, 0.05) is 31.3 Å². The van der Waals surface area contributed by atoms with Gasteiger partial charge in [0.05, 0.1) is 25.0 Å². The Morgan fingerprint density at radius 2 is 2.06 bits per heavy atom. The lowest BCUT2D eigenvalue weighted by Gasteiger charge is -2.28.